The molecule has 4 heterocycles. The van der Waals surface area contributed by atoms with Crippen molar-refractivity contribution in [2.45, 2.75) is 43.0 Å². The lowest BCUT2D eigenvalue weighted by atomic mass is 9.92. The molecule has 2 saturated heterocycles. The second kappa shape index (κ2) is 10.5. The summed E-state index contributed by atoms with van der Waals surface area (Å²) in [5.41, 5.74) is 1.74. The van der Waals surface area contributed by atoms with Gasteiger partial charge in [0.15, 0.2) is 0 Å². The number of carbonyl (C=O) groups is 1. The molecule has 9 heteroatoms. The third kappa shape index (κ3) is 5.38. The van der Waals surface area contributed by atoms with Crippen molar-refractivity contribution in [3.05, 3.63) is 47.0 Å². The molecule has 7 nitrogen and oxygen atoms in total. The molecule has 0 N–H and O–H groups in total. The normalized spacial score (nSPS) is 18.7. The summed E-state index contributed by atoms with van der Waals surface area (Å²) in [5.74, 6) is 1.61. The van der Waals surface area contributed by atoms with Crippen molar-refractivity contribution in [1.29, 1.82) is 0 Å². The number of thiazole rings is 1. The van der Waals surface area contributed by atoms with Crippen LogP contribution in [0.5, 0.6) is 0 Å². The number of rotatable bonds is 8. The average molecular weight is 512 g/mol. The number of fused-ring (bicyclic) bond motifs is 1. The van der Waals surface area contributed by atoms with Gasteiger partial charge in [-0.3, -0.25) is 9.69 Å². The number of piperazine rings is 1. The van der Waals surface area contributed by atoms with Crippen LogP contribution in [0.1, 0.15) is 41.0 Å². The van der Waals surface area contributed by atoms with Crippen LogP contribution < -0.4 is 0 Å². The summed E-state index contributed by atoms with van der Waals surface area (Å²) in [6.45, 7) is 6.08. The maximum absolute atomic E-state index is 13.3. The Labute approximate surface area is 215 Å². The van der Waals surface area contributed by atoms with Gasteiger partial charge in [-0.15, -0.1) is 23.1 Å². The molecule has 3 aromatic rings. The number of carbonyl (C=O) groups excluding carboxylic acids is 1. The summed E-state index contributed by atoms with van der Waals surface area (Å²) in [5, 5.41) is 1.14. The number of likely N-dealkylation sites (N-methyl/N-ethyl adjacent to an activating group) is 1. The van der Waals surface area contributed by atoms with Crippen LogP contribution in [0.25, 0.3) is 10.2 Å². The zero-order valence-corrected chi connectivity index (χ0v) is 22.3. The first-order valence-corrected chi connectivity index (χ1v) is 14.3. The van der Waals surface area contributed by atoms with E-state index in [1.54, 1.807) is 23.1 Å². The number of thioether (sulfide) groups is 1. The SMILES string of the molecule is CSc1cnc(CC[C@H](C)CCc2nc3ccc(C(=O)N4CCN(C)C5(COC5)C4)cc3s2)nc1. The highest BCUT2D eigenvalue weighted by atomic mass is 32.2. The molecular formula is C26H33N5O2S2. The standard InChI is InChI=1S/C26H33N5O2S2/c1-18(4-8-23-27-13-20(34-3)14-28-23)5-9-24-29-21-7-6-19(12-22(21)35-24)25(32)31-11-10-30(2)26(15-31)16-33-17-26/h6-7,12-14,18H,4-5,8-11,15-17H2,1-3H3/t18-/m0/s1. The zero-order valence-electron chi connectivity index (χ0n) is 20.7. The lowest BCUT2D eigenvalue weighted by molar-refractivity contribution is -0.155. The van der Waals surface area contributed by atoms with E-state index in [0.717, 1.165) is 76.8 Å². The summed E-state index contributed by atoms with van der Waals surface area (Å²) in [7, 11) is 2.13. The molecule has 35 heavy (non-hydrogen) atoms. The van der Waals surface area contributed by atoms with Gasteiger partial charge >= 0.3 is 0 Å². The van der Waals surface area contributed by atoms with Crippen molar-refractivity contribution in [2.24, 2.45) is 5.92 Å². The minimum Gasteiger partial charge on any atom is -0.377 e. The highest BCUT2D eigenvalue weighted by molar-refractivity contribution is 7.98. The molecule has 186 valence electrons. The number of ether oxygens (including phenoxy) is 1. The minimum absolute atomic E-state index is 0.00346. The van der Waals surface area contributed by atoms with Crippen molar-refractivity contribution in [2.75, 3.05) is 46.2 Å². The molecule has 2 aliphatic rings. The zero-order chi connectivity index (χ0) is 24.4. The van der Waals surface area contributed by atoms with Crippen LogP contribution in [-0.4, -0.2) is 82.3 Å². The summed E-state index contributed by atoms with van der Waals surface area (Å²) in [6.07, 6.45) is 9.86. The summed E-state index contributed by atoms with van der Waals surface area (Å²) < 4.78 is 6.57. The molecule has 2 fully saturated rings. The largest absolute Gasteiger partial charge is 0.377 e. The van der Waals surface area contributed by atoms with Crippen molar-refractivity contribution >= 4 is 39.2 Å². The molecule has 0 radical (unpaired) electrons. The van der Waals surface area contributed by atoms with E-state index in [4.69, 9.17) is 9.72 Å². The van der Waals surface area contributed by atoms with Gasteiger partial charge in [-0.2, -0.15) is 0 Å². The summed E-state index contributed by atoms with van der Waals surface area (Å²) in [6, 6.07) is 5.96. The Kier molecular flexibility index (Phi) is 7.39. The van der Waals surface area contributed by atoms with Crippen LogP contribution in [0, 0.1) is 5.92 Å². The van der Waals surface area contributed by atoms with Crippen LogP contribution >= 0.6 is 23.1 Å². The minimum atomic E-state index is -0.00346. The fraction of sp³-hybridized carbons (Fsp3) is 0.538. The van der Waals surface area contributed by atoms with E-state index in [9.17, 15) is 4.79 Å². The van der Waals surface area contributed by atoms with Crippen molar-refractivity contribution in [1.82, 2.24) is 24.8 Å². The molecule has 1 amide bonds. The van der Waals surface area contributed by atoms with Crippen LogP contribution in [0.2, 0.25) is 0 Å². The van der Waals surface area contributed by atoms with Gasteiger partial charge in [-0.05, 0) is 56.7 Å². The molecule has 0 unspecified atom stereocenters. The van der Waals surface area contributed by atoms with E-state index in [1.807, 2.05) is 41.7 Å². The maximum Gasteiger partial charge on any atom is 0.254 e. The Balaban J connectivity index is 1.16. The number of aryl methyl sites for hydroxylation is 2. The van der Waals surface area contributed by atoms with E-state index < -0.39 is 0 Å². The number of hydrogen-bond acceptors (Lipinski definition) is 8. The van der Waals surface area contributed by atoms with Gasteiger partial charge < -0.3 is 9.64 Å². The monoisotopic (exact) mass is 511 g/mol. The van der Waals surface area contributed by atoms with E-state index >= 15 is 0 Å². The summed E-state index contributed by atoms with van der Waals surface area (Å²) in [4.78, 5) is 32.5. The Morgan fingerprint density at radius 2 is 1.97 bits per heavy atom. The van der Waals surface area contributed by atoms with Gasteiger partial charge in [0.1, 0.15) is 5.82 Å². The Bertz CT molecular complexity index is 1180. The quantitative estimate of drug-likeness (QED) is 0.421. The van der Waals surface area contributed by atoms with Gasteiger partial charge in [-0.1, -0.05) is 6.92 Å². The van der Waals surface area contributed by atoms with Crippen LogP contribution in [0.3, 0.4) is 0 Å². The third-order valence-corrected chi connectivity index (χ3v) is 9.10. The first-order chi connectivity index (χ1) is 17.0. The predicted octanol–water partition coefficient (Wildman–Crippen LogP) is 4.17. The fourth-order valence-corrected chi connectivity index (χ4v) is 6.09. The second-order valence-electron chi connectivity index (χ2n) is 9.88. The molecule has 2 aliphatic heterocycles. The van der Waals surface area contributed by atoms with Gasteiger partial charge in [0.2, 0.25) is 0 Å². The van der Waals surface area contributed by atoms with E-state index in [1.165, 1.54) is 0 Å². The topological polar surface area (TPSA) is 71.5 Å². The first-order valence-electron chi connectivity index (χ1n) is 12.3. The fourth-order valence-electron chi connectivity index (χ4n) is 4.75. The summed E-state index contributed by atoms with van der Waals surface area (Å²) >= 11 is 3.38. The molecule has 1 aromatic carbocycles. The van der Waals surface area contributed by atoms with Crippen molar-refractivity contribution < 1.29 is 9.53 Å². The number of amides is 1. The lowest BCUT2D eigenvalue weighted by Gasteiger charge is -2.53. The number of nitrogens with zero attached hydrogens (tertiary/aromatic N) is 5. The molecule has 0 bridgehead atoms. The molecule has 0 saturated carbocycles. The van der Waals surface area contributed by atoms with Gasteiger partial charge in [0.25, 0.3) is 5.91 Å². The van der Waals surface area contributed by atoms with Crippen molar-refractivity contribution in [3.8, 4) is 0 Å². The smallest absolute Gasteiger partial charge is 0.254 e. The highest BCUT2D eigenvalue weighted by Crippen LogP contribution is 2.30. The Morgan fingerprint density at radius 3 is 2.69 bits per heavy atom. The van der Waals surface area contributed by atoms with Crippen LogP contribution in [0.15, 0.2) is 35.5 Å². The average Bonchev–Trinajstić information content (AvgIpc) is 3.27. The molecule has 2 aromatic heterocycles. The van der Waals surface area contributed by atoms with E-state index in [-0.39, 0.29) is 11.4 Å². The van der Waals surface area contributed by atoms with Crippen molar-refractivity contribution in [3.63, 3.8) is 0 Å². The van der Waals surface area contributed by atoms with Gasteiger partial charge in [0, 0.05) is 48.9 Å². The number of aromatic nitrogens is 3. The van der Waals surface area contributed by atoms with Gasteiger partial charge in [0.05, 0.1) is 34.0 Å². The first kappa shape index (κ1) is 24.6. The molecule has 0 aliphatic carbocycles. The van der Waals surface area contributed by atoms with E-state index in [0.29, 0.717) is 19.1 Å². The Morgan fingerprint density at radius 1 is 1.20 bits per heavy atom. The Hall–Kier alpha value is -2.07. The molecule has 1 atom stereocenters. The molecule has 1 spiro atoms. The predicted molar refractivity (Wildman–Crippen MR) is 141 cm³/mol. The molecular weight excluding hydrogens is 478 g/mol. The second-order valence-corrected chi connectivity index (χ2v) is 11.9. The van der Waals surface area contributed by atoms with Crippen LogP contribution in [0.4, 0.5) is 0 Å². The van der Waals surface area contributed by atoms with Gasteiger partial charge in [-0.25, -0.2) is 15.0 Å². The number of hydrogen-bond donors (Lipinski definition) is 0. The molecule has 5 rings (SSSR count). The maximum atomic E-state index is 13.3. The van der Waals surface area contributed by atoms with E-state index in [2.05, 4.69) is 28.8 Å². The lowest BCUT2D eigenvalue weighted by Crippen LogP contribution is -2.70. The van der Waals surface area contributed by atoms with Crippen LogP contribution in [-0.2, 0) is 17.6 Å². The number of benzene rings is 1. The highest BCUT2D eigenvalue weighted by Gasteiger charge is 2.47. The third-order valence-electron chi connectivity index (χ3n) is 7.34.